The Kier molecular flexibility index (Phi) is 1.74. The highest BCUT2D eigenvalue weighted by Crippen LogP contribution is 1.77. The molecule has 0 bridgehead atoms. The van der Waals surface area contributed by atoms with Crippen LogP contribution in [-0.2, 0) is 0 Å². The molecule has 0 aliphatic rings. The molecule has 1 rings (SSSR count). The summed E-state index contributed by atoms with van der Waals surface area (Å²) in [5.74, 6) is 0. The molecule has 0 aliphatic carbocycles. The molecule has 1 radical (unpaired) electrons. The Labute approximate surface area is 58.0 Å². The van der Waals surface area contributed by atoms with Crippen LogP contribution < -0.4 is 5.01 Å². The lowest BCUT2D eigenvalue weighted by Gasteiger charge is -2.07. The van der Waals surface area contributed by atoms with Gasteiger partial charge in [-0.1, -0.05) is 12.2 Å². The Morgan fingerprint density at radius 3 is 3.00 bits per heavy atom. The van der Waals surface area contributed by atoms with Gasteiger partial charge in [0, 0.05) is 7.05 Å². The van der Waals surface area contributed by atoms with Gasteiger partial charge < -0.3 is 0 Å². The third kappa shape index (κ3) is 1.23. The second-order valence-corrected chi connectivity index (χ2v) is 1.62. The van der Waals surface area contributed by atoms with Crippen LogP contribution in [0.5, 0.6) is 0 Å². The van der Waals surface area contributed by atoms with E-state index in [0.29, 0.717) is 0 Å². The van der Waals surface area contributed by atoms with Crippen molar-refractivity contribution in [3.05, 3.63) is 12.4 Å². The number of rotatable bonds is 2. The van der Waals surface area contributed by atoms with Gasteiger partial charge in [-0.2, -0.15) is 4.79 Å². The topological polar surface area (TPSA) is 34.0 Å². The fourth-order valence-electron chi connectivity index (χ4n) is 0.404. The third-order valence-corrected chi connectivity index (χ3v) is 1.11. The SMILES string of the molecule is CN([C]=S)n1ccnn1. The summed E-state index contributed by atoms with van der Waals surface area (Å²) >= 11 is 4.51. The zero-order valence-corrected chi connectivity index (χ0v) is 5.67. The van der Waals surface area contributed by atoms with Crippen molar-refractivity contribution in [2.75, 3.05) is 12.1 Å². The lowest BCUT2D eigenvalue weighted by molar-refractivity contribution is 0.661. The second kappa shape index (κ2) is 2.54. The molecule has 0 fully saturated rings. The highest BCUT2D eigenvalue weighted by Gasteiger charge is 1.91. The van der Waals surface area contributed by atoms with Crippen molar-refractivity contribution in [1.29, 1.82) is 0 Å². The molecule has 0 aliphatic heterocycles. The largest absolute Gasteiger partial charge is 0.253 e. The maximum absolute atomic E-state index is 4.51. The Morgan fingerprint density at radius 2 is 2.56 bits per heavy atom. The first-order valence-electron chi connectivity index (χ1n) is 2.32. The Hall–Kier alpha value is -0.970. The highest BCUT2D eigenvalue weighted by molar-refractivity contribution is 7.79. The molecule has 0 saturated carbocycles. The average molecular weight is 141 g/mol. The number of nitrogens with zero attached hydrogens (tertiary/aromatic N) is 4. The van der Waals surface area contributed by atoms with Crippen molar-refractivity contribution in [3.63, 3.8) is 0 Å². The van der Waals surface area contributed by atoms with Crippen LogP contribution in [-0.4, -0.2) is 27.6 Å². The quantitative estimate of drug-likeness (QED) is 0.417. The third-order valence-electron chi connectivity index (χ3n) is 0.849. The van der Waals surface area contributed by atoms with Crippen LogP contribution >= 0.6 is 12.2 Å². The molecule has 5 heteroatoms. The van der Waals surface area contributed by atoms with Crippen LogP contribution in [0.3, 0.4) is 0 Å². The first kappa shape index (κ1) is 6.15. The maximum Gasteiger partial charge on any atom is 0.158 e. The molecule has 9 heavy (non-hydrogen) atoms. The van der Waals surface area contributed by atoms with E-state index in [4.69, 9.17) is 0 Å². The fourth-order valence-corrected chi connectivity index (χ4v) is 0.487. The van der Waals surface area contributed by atoms with Crippen LogP contribution in [0.25, 0.3) is 0 Å². The molecule has 0 amide bonds. The van der Waals surface area contributed by atoms with Gasteiger partial charge in [-0.3, -0.25) is 5.01 Å². The molecular formula is C4H5N4S. The predicted molar refractivity (Wildman–Crippen MR) is 36.8 cm³/mol. The van der Waals surface area contributed by atoms with Gasteiger partial charge in [-0.05, 0) is 5.21 Å². The number of hydrogen-bond acceptors (Lipinski definition) is 3. The number of aromatic nitrogens is 3. The molecule has 0 unspecified atom stereocenters. The zero-order chi connectivity index (χ0) is 6.69. The van der Waals surface area contributed by atoms with Crippen molar-refractivity contribution in [3.8, 4) is 0 Å². The van der Waals surface area contributed by atoms with Crippen molar-refractivity contribution in [1.82, 2.24) is 15.1 Å². The molecular weight excluding hydrogens is 136 g/mol. The summed E-state index contributed by atoms with van der Waals surface area (Å²) in [6, 6.07) is 0. The zero-order valence-electron chi connectivity index (χ0n) is 4.85. The summed E-state index contributed by atoms with van der Waals surface area (Å²) in [7, 11) is 1.74. The molecule has 1 aromatic heterocycles. The van der Waals surface area contributed by atoms with Crippen molar-refractivity contribution < 1.29 is 0 Å². The monoisotopic (exact) mass is 141 g/mol. The van der Waals surface area contributed by atoms with Gasteiger partial charge >= 0.3 is 0 Å². The van der Waals surface area contributed by atoms with E-state index < -0.39 is 0 Å². The van der Waals surface area contributed by atoms with Crippen LogP contribution in [0.2, 0.25) is 0 Å². The van der Waals surface area contributed by atoms with E-state index in [1.807, 2.05) is 0 Å². The van der Waals surface area contributed by atoms with E-state index in [0.717, 1.165) is 0 Å². The minimum atomic E-state index is 1.48. The molecule has 0 saturated heterocycles. The standard InChI is InChI=1S/C4H5N4S/c1-7(4-9)8-3-2-5-6-8/h2-3H,1H3. The number of hydrogen-bond donors (Lipinski definition) is 0. The van der Waals surface area contributed by atoms with E-state index in [1.165, 1.54) is 9.80 Å². The normalized spacial score (nSPS) is 9.00. The number of thiocarbonyl (C=S) groups is 1. The van der Waals surface area contributed by atoms with E-state index >= 15 is 0 Å². The van der Waals surface area contributed by atoms with Crippen LogP contribution in [0.15, 0.2) is 12.4 Å². The predicted octanol–water partition coefficient (Wildman–Crippen LogP) is -0.320. The van der Waals surface area contributed by atoms with E-state index in [1.54, 1.807) is 19.4 Å². The Balaban J connectivity index is 2.76. The average Bonchev–Trinajstić information content (AvgIpc) is 2.37. The van der Waals surface area contributed by atoms with Crippen LogP contribution in [0, 0.1) is 0 Å². The minimum Gasteiger partial charge on any atom is -0.253 e. The summed E-state index contributed by atoms with van der Waals surface area (Å²) in [6.45, 7) is 0. The molecule has 1 heterocycles. The maximum atomic E-state index is 4.51. The molecule has 0 aromatic carbocycles. The van der Waals surface area contributed by atoms with Crippen LogP contribution in [0.4, 0.5) is 0 Å². The van der Waals surface area contributed by atoms with Gasteiger partial charge in [0.15, 0.2) is 5.49 Å². The van der Waals surface area contributed by atoms with Gasteiger partial charge in [-0.15, -0.1) is 5.10 Å². The summed E-state index contributed by atoms with van der Waals surface area (Å²) in [5, 5.41) is 8.74. The molecule has 0 N–H and O–H groups in total. The van der Waals surface area contributed by atoms with Gasteiger partial charge in [-0.25, -0.2) is 0 Å². The smallest absolute Gasteiger partial charge is 0.158 e. The van der Waals surface area contributed by atoms with E-state index in [2.05, 4.69) is 28.0 Å². The van der Waals surface area contributed by atoms with Gasteiger partial charge in [0.05, 0.1) is 12.4 Å². The lowest BCUT2D eigenvalue weighted by atomic mass is 10.9. The first-order valence-corrected chi connectivity index (χ1v) is 2.73. The summed E-state index contributed by atoms with van der Waals surface area (Å²) in [6.07, 6.45) is 3.25. The molecule has 0 atom stereocenters. The minimum absolute atomic E-state index is 1.48. The van der Waals surface area contributed by atoms with E-state index in [9.17, 15) is 0 Å². The van der Waals surface area contributed by atoms with Gasteiger partial charge in [0.25, 0.3) is 0 Å². The second-order valence-electron chi connectivity index (χ2n) is 1.44. The summed E-state index contributed by atoms with van der Waals surface area (Å²) < 4.78 is 0. The molecule has 4 nitrogen and oxygen atoms in total. The van der Waals surface area contributed by atoms with Crippen LogP contribution in [0.1, 0.15) is 0 Å². The van der Waals surface area contributed by atoms with Gasteiger partial charge in [0.1, 0.15) is 0 Å². The summed E-state index contributed by atoms with van der Waals surface area (Å²) in [4.78, 5) is 1.48. The van der Waals surface area contributed by atoms with Crippen molar-refractivity contribution in [2.24, 2.45) is 0 Å². The molecule has 0 spiro atoms. The molecule has 47 valence electrons. The lowest BCUT2D eigenvalue weighted by Crippen LogP contribution is -2.27. The van der Waals surface area contributed by atoms with Crippen molar-refractivity contribution >= 4 is 17.7 Å². The fraction of sp³-hybridized carbons (Fsp3) is 0.250. The highest BCUT2D eigenvalue weighted by atomic mass is 32.1. The van der Waals surface area contributed by atoms with Crippen molar-refractivity contribution in [2.45, 2.75) is 0 Å². The Bertz CT molecular complexity index is 182. The van der Waals surface area contributed by atoms with Gasteiger partial charge in [0.2, 0.25) is 0 Å². The Morgan fingerprint density at radius 1 is 1.78 bits per heavy atom. The molecule has 1 aromatic rings. The summed E-state index contributed by atoms with van der Waals surface area (Å²) in [5.41, 5.74) is 2.44. The first-order chi connectivity index (χ1) is 4.34. The van der Waals surface area contributed by atoms with E-state index in [-0.39, 0.29) is 0 Å².